The van der Waals surface area contributed by atoms with Crippen LogP contribution in [0.4, 0.5) is 17.1 Å². The maximum Gasteiger partial charge on any atom is 0.0503 e. The van der Waals surface area contributed by atoms with Crippen molar-refractivity contribution in [1.82, 2.24) is 4.57 Å². The number of rotatable bonds is 8. The van der Waals surface area contributed by atoms with Crippen LogP contribution in [0.15, 0.2) is 103 Å². The Morgan fingerprint density at radius 3 is 2.07 bits per heavy atom. The predicted molar refractivity (Wildman–Crippen MR) is 182 cm³/mol. The lowest BCUT2D eigenvalue weighted by molar-refractivity contribution is 0.838. The topological polar surface area (TPSA) is 29.0 Å². The van der Waals surface area contributed by atoms with Gasteiger partial charge < -0.3 is 15.2 Å². The molecule has 0 saturated carbocycles. The molecule has 0 fully saturated rings. The van der Waals surface area contributed by atoms with Crippen molar-refractivity contribution in [3.63, 3.8) is 0 Å². The van der Waals surface area contributed by atoms with Crippen molar-refractivity contribution in [3.8, 4) is 11.3 Å². The van der Waals surface area contributed by atoms with Crippen molar-refractivity contribution in [2.45, 2.75) is 53.0 Å². The number of hydrogen-bond donors (Lipinski definition) is 2. The minimum Gasteiger partial charge on any atom is -0.381 e. The van der Waals surface area contributed by atoms with Crippen LogP contribution >= 0.6 is 0 Å². The first-order chi connectivity index (χ1) is 20.3. The SMILES string of the molecule is Cc1ccccc1NCc1ccc2ccccc2c1-c1cc2c(Nc3c(C(C)C)cccc3C(C)C)cccc2n1C. The molecule has 6 aromatic rings. The van der Waals surface area contributed by atoms with Gasteiger partial charge in [0.05, 0.1) is 5.52 Å². The largest absolute Gasteiger partial charge is 0.381 e. The number of nitrogens with one attached hydrogen (secondary N) is 2. The zero-order valence-corrected chi connectivity index (χ0v) is 25.6. The van der Waals surface area contributed by atoms with Gasteiger partial charge in [-0.15, -0.1) is 0 Å². The Bertz CT molecular complexity index is 1860. The van der Waals surface area contributed by atoms with E-state index in [9.17, 15) is 0 Å². The van der Waals surface area contributed by atoms with Crippen molar-refractivity contribution >= 4 is 38.7 Å². The number of benzene rings is 5. The molecule has 0 atom stereocenters. The van der Waals surface area contributed by atoms with Crippen LogP contribution in [0.5, 0.6) is 0 Å². The van der Waals surface area contributed by atoms with Gasteiger partial charge in [0.15, 0.2) is 0 Å². The highest BCUT2D eigenvalue weighted by atomic mass is 15.0. The third kappa shape index (κ3) is 5.05. The van der Waals surface area contributed by atoms with Gasteiger partial charge in [0.2, 0.25) is 0 Å². The summed E-state index contributed by atoms with van der Waals surface area (Å²) in [4.78, 5) is 0. The third-order valence-electron chi connectivity index (χ3n) is 8.61. The Morgan fingerprint density at radius 2 is 1.33 bits per heavy atom. The Hall–Kier alpha value is -4.50. The van der Waals surface area contributed by atoms with Crippen molar-refractivity contribution in [1.29, 1.82) is 0 Å². The molecule has 0 aliphatic rings. The number of aromatic nitrogens is 1. The Labute approximate surface area is 250 Å². The summed E-state index contributed by atoms with van der Waals surface area (Å²) >= 11 is 0. The molecule has 1 aromatic heterocycles. The molecule has 3 nitrogen and oxygen atoms in total. The number of aryl methyl sites for hydroxylation is 2. The maximum absolute atomic E-state index is 3.92. The molecule has 2 N–H and O–H groups in total. The molecule has 5 aromatic carbocycles. The molecule has 42 heavy (non-hydrogen) atoms. The van der Waals surface area contributed by atoms with E-state index in [1.165, 1.54) is 66.6 Å². The first-order valence-electron chi connectivity index (χ1n) is 15.1. The second-order valence-corrected chi connectivity index (χ2v) is 12.1. The van der Waals surface area contributed by atoms with Crippen molar-refractivity contribution < 1.29 is 0 Å². The summed E-state index contributed by atoms with van der Waals surface area (Å²) in [5.74, 6) is 0.853. The van der Waals surface area contributed by atoms with Crippen LogP contribution in [0.1, 0.15) is 61.8 Å². The smallest absolute Gasteiger partial charge is 0.0503 e. The van der Waals surface area contributed by atoms with Crippen LogP contribution in [0.3, 0.4) is 0 Å². The molecule has 1 heterocycles. The van der Waals surface area contributed by atoms with Crippen molar-refractivity contribution in [3.05, 3.63) is 125 Å². The van der Waals surface area contributed by atoms with Crippen LogP contribution in [-0.2, 0) is 13.6 Å². The Kier molecular flexibility index (Phi) is 7.51. The molecule has 0 unspecified atom stereocenters. The monoisotopic (exact) mass is 551 g/mol. The van der Waals surface area contributed by atoms with Crippen LogP contribution in [0, 0.1) is 6.92 Å². The second kappa shape index (κ2) is 11.4. The number of nitrogens with zero attached hydrogens (tertiary/aromatic N) is 1. The van der Waals surface area contributed by atoms with E-state index < -0.39 is 0 Å². The molecular formula is C39H41N3. The summed E-state index contributed by atoms with van der Waals surface area (Å²) in [6.07, 6.45) is 0. The number of hydrogen-bond acceptors (Lipinski definition) is 2. The van der Waals surface area contributed by atoms with Gasteiger partial charge >= 0.3 is 0 Å². The van der Waals surface area contributed by atoms with Crippen LogP contribution < -0.4 is 10.6 Å². The van der Waals surface area contributed by atoms with E-state index in [1.807, 2.05) is 0 Å². The van der Waals surface area contributed by atoms with Gasteiger partial charge in [-0.2, -0.15) is 0 Å². The summed E-state index contributed by atoms with van der Waals surface area (Å²) in [5.41, 5.74) is 12.5. The minimum atomic E-state index is 0.427. The molecule has 0 radical (unpaired) electrons. The molecule has 3 heteroatoms. The summed E-state index contributed by atoms with van der Waals surface area (Å²) < 4.78 is 2.36. The second-order valence-electron chi connectivity index (χ2n) is 12.1. The van der Waals surface area contributed by atoms with E-state index in [-0.39, 0.29) is 0 Å². The van der Waals surface area contributed by atoms with Gasteiger partial charge in [-0.3, -0.25) is 0 Å². The van der Waals surface area contributed by atoms with E-state index in [0.29, 0.717) is 11.8 Å². The average molecular weight is 552 g/mol. The van der Waals surface area contributed by atoms with Crippen LogP contribution in [0.25, 0.3) is 32.9 Å². The standard InChI is InChI=1S/C39H41N3/c1-25(2)30-16-11-17-31(26(3)4)39(30)41-35-19-12-20-36-33(35)23-37(42(36)6)38-29(22-21-28-14-8-9-15-32(28)38)24-40-34-18-10-7-13-27(34)5/h7-23,25-26,40-41H,24H2,1-6H3. The summed E-state index contributed by atoms with van der Waals surface area (Å²) in [6, 6.07) is 37.5. The molecule has 212 valence electrons. The lowest BCUT2D eigenvalue weighted by Gasteiger charge is -2.21. The first kappa shape index (κ1) is 27.7. The fraction of sp³-hybridized carbons (Fsp3) is 0.231. The lowest BCUT2D eigenvalue weighted by atomic mass is 9.92. The zero-order chi connectivity index (χ0) is 29.4. The van der Waals surface area contributed by atoms with E-state index in [1.54, 1.807) is 0 Å². The molecule has 0 spiro atoms. The Balaban J connectivity index is 1.50. The van der Waals surface area contributed by atoms with Gasteiger partial charge in [0.25, 0.3) is 0 Å². The summed E-state index contributed by atoms with van der Waals surface area (Å²) in [6.45, 7) is 12.0. The zero-order valence-electron chi connectivity index (χ0n) is 25.6. The summed E-state index contributed by atoms with van der Waals surface area (Å²) in [5, 5.41) is 11.4. The normalized spacial score (nSPS) is 11.6. The van der Waals surface area contributed by atoms with E-state index in [4.69, 9.17) is 0 Å². The lowest BCUT2D eigenvalue weighted by Crippen LogP contribution is -2.04. The molecule has 0 bridgehead atoms. The average Bonchev–Trinajstić information content (AvgIpc) is 3.32. The maximum atomic E-state index is 3.92. The number of para-hydroxylation sites is 2. The first-order valence-corrected chi connectivity index (χ1v) is 15.1. The van der Waals surface area contributed by atoms with Gasteiger partial charge in [-0.05, 0) is 76.1 Å². The molecule has 6 rings (SSSR count). The fourth-order valence-electron chi connectivity index (χ4n) is 6.27. The van der Waals surface area contributed by atoms with E-state index in [0.717, 1.165) is 12.2 Å². The quantitative estimate of drug-likeness (QED) is 0.197. The molecule has 0 amide bonds. The van der Waals surface area contributed by atoms with Crippen molar-refractivity contribution in [2.24, 2.45) is 7.05 Å². The van der Waals surface area contributed by atoms with Gasteiger partial charge in [0, 0.05) is 47.3 Å². The van der Waals surface area contributed by atoms with Gasteiger partial charge in [-0.25, -0.2) is 0 Å². The highest BCUT2D eigenvalue weighted by molar-refractivity contribution is 6.03. The summed E-state index contributed by atoms with van der Waals surface area (Å²) in [7, 11) is 2.20. The number of anilines is 3. The Morgan fingerprint density at radius 1 is 0.667 bits per heavy atom. The van der Waals surface area contributed by atoms with Crippen molar-refractivity contribution in [2.75, 3.05) is 10.6 Å². The van der Waals surface area contributed by atoms with Crippen LogP contribution in [-0.4, -0.2) is 4.57 Å². The fourth-order valence-corrected chi connectivity index (χ4v) is 6.27. The van der Waals surface area contributed by atoms with Gasteiger partial charge in [-0.1, -0.05) is 107 Å². The molecule has 0 aliphatic carbocycles. The molecular weight excluding hydrogens is 510 g/mol. The molecule has 0 saturated heterocycles. The third-order valence-corrected chi connectivity index (χ3v) is 8.61. The minimum absolute atomic E-state index is 0.427. The predicted octanol–water partition coefficient (Wildman–Crippen LogP) is 10.9. The highest BCUT2D eigenvalue weighted by Gasteiger charge is 2.19. The highest BCUT2D eigenvalue weighted by Crippen LogP contribution is 2.40. The van der Waals surface area contributed by atoms with Gasteiger partial charge in [0.1, 0.15) is 0 Å². The van der Waals surface area contributed by atoms with E-state index >= 15 is 0 Å². The molecule has 0 aliphatic heterocycles. The van der Waals surface area contributed by atoms with E-state index in [2.05, 4.69) is 160 Å². The number of fused-ring (bicyclic) bond motifs is 2. The van der Waals surface area contributed by atoms with Crippen LogP contribution in [0.2, 0.25) is 0 Å².